The number of halogens is 1. The van der Waals surface area contributed by atoms with Crippen molar-refractivity contribution < 1.29 is 4.39 Å². The van der Waals surface area contributed by atoms with E-state index in [0.29, 0.717) is 22.6 Å². The number of likely N-dealkylation sites (tertiary alicyclic amines) is 1. The number of imidazole rings is 1. The quantitative estimate of drug-likeness (QED) is 0.316. The maximum Gasteiger partial charge on any atom is 0.159 e. The van der Waals surface area contributed by atoms with E-state index < -0.39 is 0 Å². The Kier molecular flexibility index (Phi) is 6.00. The Bertz CT molecular complexity index is 1590. The molecule has 0 amide bonds. The van der Waals surface area contributed by atoms with Crippen LogP contribution in [-0.4, -0.2) is 61.2 Å². The number of hydrogen-bond donors (Lipinski definition) is 2. The van der Waals surface area contributed by atoms with Crippen LogP contribution in [0.5, 0.6) is 0 Å². The molecule has 5 aromatic rings. The van der Waals surface area contributed by atoms with Crippen LogP contribution in [0.25, 0.3) is 44.6 Å². The molecule has 194 valence electrons. The van der Waals surface area contributed by atoms with E-state index in [0.717, 1.165) is 66.1 Å². The predicted molar refractivity (Wildman–Crippen MR) is 147 cm³/mol. The summed E-state index contributed by atoms with van der Waals surface area (Å²) in [7, 11) is 0. The van der Waals surface area contributed by atoms with Gasteiger partial charge < -0.3 is 9.88 Å². The van der Waals surface area contributed by atoms with Crippen molar-refractivity contribution in [3.63, 3.8) is 0 Å². The number of fused-ring (bicyclic) bond motifs is 2. The van der Waals surface area contributed by atoms with Crippen molar-refractivity contribution in [2.24, 2.45) is 0 Å². The molecule has 0 atom stereocenters. The zero-order chi connectivity index (χ0) is 25.5. The number of rotatable bonds is 5. The third-order valence-electron chi connectivity index (χ3n) is 7.87. The SMILES string of the molecule is Fc1cc2[nH]nc(-c3nc4c(N5CCCCC5)nccc4[nH]3)c2cc1-c1cncc(CN2CCCCC2)c1. The molecule has 0 spiro atoms. The van der Waals surface area contributed by atoms with Gasteiger partial charge in [0.15, 0.2) is 11.6 Å². The summed E-state index contributed by atoms with van der Waals surface area (Å²) in [5.74, 6) is 1.26. The first-order valence-corrected chi connectivity index (χ1v) is 13.7. The van der Waals surface area contributed by atoms with Crippen LogP contribution in [0.2, 0.25) is 0 Å². The van der Waals surface area contributed by atoms with Crippen LogP contribution in [0.4, 0.5) is 10.2 Å². The fourth-order valence-corrected chi connectivity index (χ4v) is 5.91. The molecule has 0 bridgehead atoms. The lowest BCUT2D eigenvalue weighted by Crippen LogP contribution is -2.30. The zero-order valence-electron chi connectivity index (χ0n) is 21.4. The average Bonchev–Trinajstić information content (AvgIpc) is 3.57. The van der Waals surface area contributed by atoms with Gasteiger partial charge in [0, 0.05) is 60.8 Å². The van der Waals surface area contributed by atoms with Crippen LogP contribution in [-0.2, 0) is 6.54 Å². The van der Waals surface area contributed by atoms with Gasteiger partial charge in [-0.05, 0) is 69.0 Å². The van der Waals surface area contributed by atoms with Gasteiger partial charge in [0.25, 0.3) is 0 Å². The molecule has 2 saturated heterocycles. The number of anilines is 1. The molecule has 0 aliphatic carbocycles. The Hall–Kier alpha value is -3.85. The summed E-state index contributed by atoms with van der Waals surface area (Å²) in [6, 6.07) is 7.38. The highest BCUT2D eigenvalue weighted by Crippen LogP contribution is 2.34. The van der Waals surface area contributed by atoms with Gasteiger partial charge in [0.05, 0.1) is 11.0 Å². The minimum atomic E-state index is -0.300. The van der Waals surface area contributed by atoms with Gasteiger partial charge in [-0.2, -0.15) is 5.10 Å². The van der Waals surface area contributed by atoms with Crippen molar-refractivity contribution >= 4 is 27.8 Å². The summed E-state index contributed by atoms with van der Waals surface area (Å²) in [5.41, 5.74) is 5.45. The third-order valence-corrected chi connectivity index (χ3v) is 7.87. The highest BCUT2D eigenvalue weighted by Gasteiger charge is 2.21. The van der Waals surface area contributed by atoms with Gasteiger partial charge in [-0.3, -0.25) is 15.0 Å². The first kappa shape index (κ1) is 23.3. The summed E-state index contributed by atoms with van der Waals surface area (Å²) in [6.45, 7) is 5.04. The number of benzene rings is 1. The van der Waals surface area contributed by atoms with Gasteiger partial charge >= 0.3 is 0 Å². The minimum Gasteiger partial charge on any atom is -0.355 e. The molecule has 2 N–H and O–H groups in total. The predicted octanol–water partition coefficient (Wildman–Crippen LogP) is 5.68. The van der Waals surface area contributed by atoms with E-state index in [4.69, 9.17) is 4.98 Å². The molecule has 0 radical (unpaired) electrons. The van der Waals surface area contributed by atoms with Crippen LogP contribution in [0.1, 0.15) is 44.1 Å². The van der Waals surface area contributed by atoms with Crippen molar-refractivity contribution in [1.82, 2.24) is 35.0 Å². The van der Waals surface area contributed by atoms with Crippen molar-refractivity contribution in [2.45, 2.75) is 45.1 Å². The maximum absolute atomic E-state index is 15.3. The summed E-state index contributed by atoms with van der Waals surface area (Å²) < 4.78 is 15.3. The van der Waals surface area contributed by atoms with Gasteiger partial charge in [0.2, 0.25) is 0 Å². The molecule has 2 aliphatic rings. The molecule has 38 heavy (non-hydrogen) atoms. The van der Waals surface area contributed by atoms with Gasteiger partial charge in [-0.25, -0.2) is 14.4 Å². The first-order chi connectivity index (χ1) is 18.7. The second-order valence-corrected chi connectivity index (χ2v) is 10.5. The van der Waals surface area contributed by atoms with E-state index in [1.54, 1.807) is 6.20 Å². The van der Waals surface area contributed by atoms with E-state index in [9.17, 15) is 0 Å². The molecule has 2 aliphatic heterocycles. The van der Waals surface area contributed by atoms with Crippen LogP contribution < -0.4 is 4.90 Å². The standard InChI is InChI=1S/C29H31FN8/c30-23-15-25-22(14-21(23)20-13-19(16-31-17-20)18-37-9-3-1-4-10-37)26(36-35-25)28-33-24-7-8-32-29(27(24)34-28)38-11-5-2-6-12-38/h7-8,13-17H,1-6,9-12,18H2,(H,33,34)(H,35,36). The molecule has 0 unspecified atom stereocenters. The highest BCUT2D eigenvalue weighted by atomic mass is 19.1. The van der Waals surface area contributed by atoms with Gasteiger partial charge in [0.1, 0.15) is 17.0 Å². The first-order valence-electron chi connectivity index (χ1n) is 13.7. The van der Waals surface area contributed by atoms with Crippen molar-refractivity contribution in [1.29, 1.82) is 0 Å². The Balaban J connectivity index is 1.26. The van der Waals surface area contributed by atoms with Crippen LogP contribution in [0.15, 0.2) is 42.9 Å². The lowest BCUT2D eigenvalue weighted by molar-refractivity contribution is 0.220. The van der Waals surface area contributed by atoms with E-state index in [1.807, 2.05) is 24.5 Å². The van der Waals surface area contributed by atoms with Gasteiger partial charge in [-0.1, -0.05) is 6.42 Å². The number of pyridine rings is 2. The van der Waals surface area contributed by atoms with E-state index >= 15 is 4.39 Å². The van der Waals surface area contributed by atoms with Gasteiger partial charge in [-0.15, -0.1) is 0 Å². The second-order valence-electron chi connectivity index (χ2n) is 10.5. The van der Waals surface area contributed by atoms with Crippen molar-refractivity contribution in [2.75, 3.05) is 31.1 Å². The van der Waals surface area contributed by atoms with Crippen LogP contribution in [0.3, 0.4) is 0 Å². The Morgan fingerprint density at radius 3 is 2.55 bits per heavy atom. The molecular weight excluding hydrogens is 479 g/mol. The number of nitrogens with one attached hydrogen (secondary N) is 2. The normalized spacial score (nSPS) is 17.0. The number of H-pyrrole nitrogens is 2. The van der Waals surface area contributed by atoms with E-state index in [2.05, 4.69) is 41.0 Å². The van der Waals surface area contributed by atoms with E-state index in [-0.39, 0.29) is 5.82 Å². The van der Waals surface area contributed by atoms with Crippen LogP contribution in [0, 0.1) is 5.82 Å². The summed E-state index contributed by atoms with van der Waals surface area (Å²) in [6.07, 6.45) is 12.8. The molecule has 1 aromatic carbocycles. The summed E-state index contributed by atoms with van der Waals surface area (Å²) in [4.78, 5) is 22.2. The smallest absolute Gasteiger partial charge is 0.159 e. The number of aromatic amines is 2. The Morgan fingerprint density at radius 2 is 1.71 bits per heavy atom. The van der Waals surface area contributed by atoms with Crippen molar-refractivity contribution in [3.8, 4) is 22.6 Å². The number of piperidine rings is 2. The largest absolute Gasteiger partial charge is 0.355 e. The third kappa shape index (κ3) is 4.30. The average molecular weight is 511 g/mol. The zero-order valence-corrected chi connectivity index (χ0v) is 21.4. The monoisotopic (exact) mass is 510 g/mol. The summed E-state index contributed by atoms with van der Waals surface area (Å²) >= 11 is 0. The molecule has 0 saturated carbocycles. The fraction of sp³-hybridized carbons (Fsp3) is 0.379. The van der Waals surface area contributed by atoms with Crippen LogP contribution >= 0.6 is 0 Å². The fourth-order valence-electron chi connectivity index (χ4n) is 5.91. The maximum atomic E-state index is 15.3. The molecule has 7 rings (SSSR count). The van der Waals surface area contributed by atoms with Crippen molar-refractivity contribution in [3.05, 3.63) is 54.2 Å². The number of aromatic nitrogens is 6. The molecule has 2 fully saturated rings. The Morgan fingerprint density at radius 1 is 0.895 bits per heavy atom. The second kappa shape index (κ2) is 9.79. The lowest BCUT2D eigenvalue weighted by atomic mass is 10.0. The lowest BCUT2D eigenvalue weighted by Gasteiger charge is -2.27. The highest BCUT2D eigenvalue weighted by molar-refractivity contribution is 5.97. The molecule has 6 heterocycles. The molecule has 4 aromatic heterocycles. The van der Waals surface area contributed by atoms with E-state index in [1.165, 1.54) is 44.6 Å². The topological polar surface area (TPSA) is 89.6 Å². The summed E-state index contributed by atoms with van der Waals surface area (Å²) in [5, 5.41) is 8.34. The molecule has 8 nitrogen and oxygen atoms in total. The Labute approximate surface area is 220 Å². The molecular formula is C29H31FN8. The number of hydrogen-bond acceptors (Lipinski definition) is 6. The minimum absolute atomic E-state index is 0.300. The molecule has 9 heteroatoms. The number of nitrogens with zero attached hydrogens (tertiary/aromatic N) is 6.